The van der Waals surface area contributed by atoms with Gasteiger partial charge in [-0.3, -0.25) is 0 Å². The molecule has 0 spiro atoms. The number of hydrogen-bond acceptors (Lipinski definition) is 5. The van der Waals surface area contributed by atoms with Crippen LogP contribution in [-0.2, 0) is 0 Å². The molecule has 0 fully saturated rings. The summed E-state index contributed by atoms with van der Waals surface area (Å²) < 4.78 is 7.63. The first-order valence-electron chi connectivity index (χ1n) is 22.6. The zero-order chi connectivity index (χ0) is 43.7. The number of rotatable bonds is 5. The highest BCUT2D eigenvalue weighted by atomic mass is 32.1. The molecule has 6 heteroatoms. The maximum absolute atomic E-state index is 5.26. The highest BCUT2D eigenvalue weighted by molar-refractivity contribution is 7.26. The lowest BCUT2D eigenvalue weighted by Crippen LogP contribution is -2.00. The van der Waals surface area contributed by atoms with Gasteiger partial charge in [-0.1, -0.05) is 158 Å². The SMILES string of the molecule is c1ccc(-c2ccc3ccc(-c4nc(-c5ccc(-c6cccc7c6c6cccc8sc9ccc%10c%11ccccc%11n7c%10c9c86)cc5)nc(-c5ccc6c(c5)sc5ccccc56)n4)cc3c2)cc1. The van der Waals surface area contributed by atoms with Crippen LogP contribution in [0.2, 0.25) is 0 Å². The van der Waals surface area contributed by atoms with Crippen LogP contribution < -0.4 is 0 Å². The van der Waals surface area contributed by atoms with Crippen LogP contribution in [0.5, 0.6) is 0 Å². The second kappa shape index (κ2) is 14.1. The van der Waals surface area contributed by atoms with E-state index in [1.165, 1.54) is 101 Å². The van der Waals surface area contributed by atoms with Crippen LogP contribution in [0.25, 0.3) is 146 Å². The van der Waals surface area contributed by atoms with Gasteiger partial charge in [0.25, 0.3) is 0 Å². The van der Waals surface area contributed by atoms with Crippen LogP contribution in [0.1, 0.15) is 0 Å². The molecule has 0 saturated carbocycles. The largest absolute Gasteiger partial charge is 0.308 e. The lowest BCUT2D eigenvalue weighted by atomic mass is 9.96. The Balaban J connectivity index is 0.916. The van der Waals surface area contributed by atoms with Crippen molar-refractivity contribution in [1.82, 2.24) is 19.4 Å². The molecular weight excluding hydrogens is 853 g/mol. The molecule has 0 unspecified atom stereocenters. The van der Waals surface area contributed by atoms with E-state index in [4.69, 9.17) is 15.0 Å². The summed E-state index contributed by atoms with van der Waals surface area (Å²) in [6.07, 6.45) is 0. The smallest absolute Gasteiger partial charge is 0.164 e. The first-order chi connectivity index (χ1) is 33.2. The predicted octanol–water partition coefficient (Wildman–Crippen LogP) is 17.2. The maximum Gasteiger partial charge on any atom is 0.164 e. The minimum absolute atomic E-state index is 0.634. The van der Waals surface area contributed by atoms with E-state index in [-0.39, 0.29) is 0 Å². The molecule has 0 amide bonds. The van der Waals surface area contributed by atoms with Gasteiger partial charge >= 0.3 is 0 Å². The fourth-order valence-electron chi connectivity index (χ4n) is 10.7. The molecule has 0 atom stereocenters. The number of aromatic nitrogens is 4. The predicted molar refractivity (Wildman–Crippen MR) is 285 cm³/mol. The summed E-state index contributed by atoms with van der Waals surface area (Å²) in [5, 5.41) is 12.6. The van der Waals surface area contributed by atoms with E-state index in [1.54, 1.807) is 11.3 Å². The van der Waals surface area contributed by atoms with Gasteiger partial charge in [0, 0.05) is 73.2 Å². The summed E-state index contributed by atoms with van der Waals surface area (Å²) in [5.74, 6) is 1.92. The van der Waals surface area contributed by atoms with Gasteiger partial charge in [0.1, 0.15) is 0 Å². The standard InChI is InChI=1S/C61H34N4S2/c1-2-10-35(11-3-1)39-26-20-36-21-27-40(33-42(36)32-39)60-62-59(63-61(64-60)41-28-29-46-45-13-5-7-18-51(45)66-54(46)34-41)38-24-22-37(23-25-38)43-14-8-17-50-55(43)48-15-9-19-52-56(48)57-53(67-52)31-30-47-44-12-4-6-16-49(44)65(50)58(47)57/h1-34H. The molecule has 0 N–H and O–H groups in total. The molecule has 0 radical (unpaired) electrons. The van der Waals surface area contributed by atoms with Gasteiger partial charge in [-0.25, -0.2) is 15.0 Å². The molecule has 4 nitrogen and oxygen atoms in total. The van der Waals surface area contributed by atoms with Gasteiger partial charge in [-0.2, -0.15) is 0 Å². The lowest BCUT2D eigenvalue weighted by molar-refractivity contribution is 1.08. The van der Waals surface area contributed by atoms with E-state index in [1.807, 2.05) is 11.3 Å². The Morgan fingerprint density at radius 1 is 0.299 bits per heavy atom. The number of nitrogens with zero attached hydrogens (tertiary/aromatic N) is 4. The highest BCUT2D eigenvalue weighted by Crippen LogP contribution is 2.48. The Hall–Kier alpha value is -8.29. The second-order valence-corrected chi connectivity index (χ2v) is 19.7. The van der Waals surface area contributed by atoms with Crippen molar-refractivity contribution in [1.29, 1.82) is 0 Å². The molecule has 15 rings (SSSR count). The van der Waals surface area contributed by atoms with Gasteiger partial charge in [0.2, 0.25) is 0 Å². The van der Waals surface area contributed by atoms with Gasteiger partial charge in [-0.15, -0.1) is 22.7 Å². The van der Waals surface area contributed by atoms with Crippen molar-refractivity contribution in [2.75, 3.05) is 0 Å². The summed E-state index contributed by atoms with van der Waals surface area (Å²) in [6.45, 7) is 0. The summed E-state index contributed by atoms with van der Waals surface area (Å²) >= 11 is 3.69. The molecule has 5 heterocycles. The first-order valence-corrected chi connectivity index (χ1v) is 24.2. The zero-order valence-electron chi connectivity index (χ0n) is 35.7. The average Bonchev–Trinajstić information content (AvgIpc) is 4.05. The molecule has 67 heavy (non-hydrogen) atoms. The third-order valence-electron chi connectivity index (χ3n) is 13.8. The van der Waals surface area contributed by atoms with Gasteiger partial charge in [0.15, 0.2) is 17.5 Å². The van der Waals surface area contributed by atoms with Crippen molar-refractivity contribution >= 4 is 112 Å². The molecular formula is C61H34N4S2. The van der Waals surface area contributed by atoms with E-state index < -0.39 is 0 Å². The summed E-state index contributed by atoms with van der Waals surface area (Å²) in [7, 11) is 0. The molecule has 0 aliphatic carbocycles. The Morgan fingerprint density at radius 3 is 1.75 bits per heavy atom. The fourth-order valence-corrected chi connectivity index (χ4v) is 13.0. The number of fused-ring (bicyclic) bond motifs is 10. The van der Waals surface area contributed by atoms with Crippen LogP contribution in [0.3, 0.4) is 0 Å². The Morgan fingerprint density at radius 2 is 0.881 bits per heavy atom. The van der Waals surface area contributed by atoms with Gasteiger partial charge < -0.3 is 4.40 Å². The van der Waals surface area contributed by atoms with Gasteiger partial charge in [0.05, 0.1) is 16.6 Å². The third-order valence-corrected chi connectivity index (χ3v) is 16.0. The molecule has 0 bridgehead atoms. The van der Waals surface area contributed by atoms with E-state index in [0.717, 1.165) is 27.6 Å². The lowest BCUT2D eigenvalue weighted by Gasteiger charge is -2.12. The van der Waals surface area contributed by atoms with E-state index >= 15 is 0 Å². The topological polar surface area (TPSA) is 43.1 Å². The molecule has 10 aromatic carbocycles. The van der Waals surface area contributed by atoms with Crippen molar-refractivity contribution in [3.63, 3.8) is 0 Å². The van der Waals surface area contributed by atoms with Crippen LogP contribution in [0.15, 0.2) is 206 Å². The van der Waals surface area contributed by atoms with Gasteiger partial charge in [-0.05, 0) is 86.9 Å². The second-order valence-electron chi connectivity index (χ2n) is 17.5. The normalized spacial score (nSPS) is 12.2. The monoisotopic (exact) mass is 886 g/mol. The number of para-hydroxylation sites is 1. The number of thiophene rings is 2. The molecule has 0 aliphatic rings. The average molecular weight is 887 g/mol. The van der Waals surface area contributed by atoms with Crippen LogP contribution >= 0.6 is 22.7 Å². The molecule has 15 aromatic rings. The molecule has 5 aromatic heterocycles. The quantitative estimate of drug-likeness (QED) is 0.173. The van der Waals surface area contributed by atoms with E-state index in [0.29, 0.717) is 17.5 Å². The Labute approximate surface area is 391 Å². The van der Waals surface area contributed by atoms with Crippen LogP contribution in [0.4, 0.5) is 0 Å². The molecule has 0 aliphatic heterocycles. The minimum Gasteiger partial charge on any atom is -0.308 e. The third kappa shape index (κ3) is 5.55. The van der Waals surface area contributed by atoms with Crippen molar-refractivity contribution in [3.8, 4) is 56.4 Å². The first kappa shape index (κ1) is 37.0. The minimum atomic E-state index is 0.634. The summed E-state index contributed by atoms with van der Waals surface area (Å²) in [4.78, 5) is 15.7. The number of benzene rings is 10. The highest BCUT2D eigenvalue weighted by Gasteiger charge is 2.22. The van der Waals surface area contributed by atoms with E-state index in [2.05, 4.69) is 211 Å². The molecule has 310 valence electrons. The Kier molecular flexibility index (Phi) is 7.79. The van der Waals surface area contributed by atoms with Crippen molar-refractivity contribution in [3.05, 3.63) is 206 Å². The van der Waals surface area contributed by atoms with Crippen molar-refractivity contribution in [2.24, 2.45) is 0 Å². The van der Waals surface area contributed by atoms with Crippen molar-refractivity contribution < 1.29 is 0 Å². The van der Waals surface area contributed by atoms with Crippen LogP contribution in [0, 0.1) is 0 Å². The van der Waals surface area contributed by atoms with Crippen LogP contribution in [-0.4, -0.2) is 19.4 Å². The molecule has 0 saturated heterocycles. The maximum atomic E-state index is 5.26. The zero-order valence-corrected chi connectivity index (χ0v) is 37.4. The van der Waals surface area contributed by atoms with E-state index in [9.17, 15) is 0 Å². The summed E-state index contributed by atoms with van der Waals surface area (Å²) in [5.41, 5.74) is 11.2. The Bertz CT molecular complexity index is 4500. The number of hydrogen-bond donors (Lipinski definition) is 0. The van der Waals surface area contributed by atoms with Crippen molar-refractivity contribution in [2.45, 2.75) is 0 Å². The fraction of sp³-hybridized carbons (Fsp3) is 0. The summed E-state index contributed by atoms with van der Waals surface area (Å²) in [6, 6.07) is 74.9.